The fourth-order valence-electron chi connectivity index (χ4n) is 1.66. The van der Waals surface area contributed by atoms with E-state index in [2.05, 4.69) is 5.10 Å². The first-order valence-electron chi connectivity index (χ1n) is 5.71. The molecule has 0 bridgehead atoms. The van der Waals surface area contributed by atoms with Gasteiger partial charge in [-0.05, 0) is 25.1 Å². The third-order valence-electron chi connectivity index (χ3n) is 2.59. The van der Waals surface area contributed by atoms with E-state index in [1.54, 1.807) is 16.9 Å². The van der Waals surface area contributed by atoms with Gasteiger partial charge in [-0.2, -0.15) is 18.3 Å². The monoisotopic (exact) mass is 271 g/mol. The number of hydrogen-bond acceptors (Lipinski definition) is 2. The zero-order valence-corrected chi connectivity index (χ0v) is 10.2. The molecule has 102 valence electrons. The molecule has 0 spiro atoms. The summed E-state index contributed by atoms with van der Waals surface area (Å²) in [5, 5.41) is 6.78. The number of hydrogen-bond donors (Lipinski definition) is 1. The Bertz CT molecular complexity index is 604. The van der Waals surface area contributed by atoms with Gasteiger partial charge in [0, 0.05) is 23.7 Å². The van der Waals surface area contributed by atoms with Crippen molar-refractivity contribution in [2.24, 2.45) is 0 Å². The van der Waals surface area contributed by atoms with Crippen LogP contribution in [0, 0.1) is 0 Å². The van der Waals surface area contributed by atoms with Gasteiger partial charge in [-0.1, -0.05) is 0 Å². The second-order valence-corrected chi connectivity index (χ2v) is 4.06. The number of alkyl halides is 3. The van der Waals surface area contributed by atoms with Crippen LogP contribution in [0.4, 0.5) is 13.2 Å². The number of fused-ring (bicyclic) bond motifs is 1. The minimum atomic E-state index is -4.41. The van der Waals surface area contributed by atoms with Gasteiger partial charge in [0.2, 0.25) is 0 Å². The number of carbonyl (C=O) groups is 1. The first-order chi connectivity index (χ1) is 8.89. The van der Waals surface area contributed by atoms with Crippen molar-refractivity contribution in [1.29, 1.82) is 0 Å². The van der Waals surface area contributed by atoms with Gasteiger partial charge in [0.05, 0.1) is 5.52 Å². The predicted molar refractivity (Wildman–Crippen MR) is 63.8 cm³/mol. The molecule has 0 atom stereocenters. The van der Waals surface area contributed by atoms with Crippen LogP contribution in [0.25, 0.3) is 10.9 Å². The van der Waals surface area contributed by atoms with Crippen LogP contribution in [0.5, 0.6) is 0 Å². The maximum atomic E-state index is 12.0. The lowest BCUT2D eigenvalue weighted by Crippen LogP contribution is -2.33. The molecular formula is C12H12F3N3O. The van der Waals surface area contributed by atoms with Crippen LogP contribution in [0.3, 0.4) is 0 Å². The molecule has 1 heterocycles. The highest BCUT2D eigenvalue weighted by atomic mass is 19.4. The molecular weight excluding hydrogens is 259 g/mol. The van der Waals surface area contributed by atoms with Crippen LogP contribution in [0.1, 0.15) is 17.3 Å². The Morgan fingerprint density at radius 1 is 1.42 bits per heavy atom. The van der Waals surface area contributed by atoms with Gasteiger partial charge in [0.1, 0.15) is 6.54 Å². The minimum absolute atomic E-state index is 0.187. The summed E-state index contributed by atoms with van der Waals surface area (Å²) >= 11 is 0. The summed E-state index contributed by atoms with van der Waals surface area (Å²) in [6, 6.07) is 4.60. The third-order valence-corrected chi connectivity index (χ3v) is 2.59. The lowest BCUT2D eigenvalue weighted by atomic mass is 10.1. The van der Waals surface area contributed by atoms with E-state index in [1.807, 2.05) is 12.2 Å². The number of halogens is 3. The van der Waals surface area contributed by atoms with Crippen LogP contribution < -0.4 is 5.32 Å². The van der Waals surface area contributed by atoms with Crippen molar-refractivity contribution in [2.75, 3.05) is 6.54 Å². The molecule has 1 aromatic carbocycles. The van der Waals surface area contributed by atoms with E-state index in [0.29, 0.717) is 12.1 Å². The Morgan fingerprint density at radius 2 is 2.16 bits per heavy atom. The molecule has 0 aliphatic heterocycles. The van der Waals surface area contributed by atoms with Crippen molar-refractivity contribution >= 4 is 16.8 Å². The third kappa shape index (κ3) is 3.24. The van der Waals surface area contributed by atoms with Crippen molar-refractivity contribution in [2.45, 2.75) is 19.6 Å². The first-order valence-corrected chi connectivity index (χ1v) is 5.71. The minimum Gasteiger partial charge on any atom is -0.343 e. The zero-order valence-electron chi connectivity index (χ0n) is 10.2. The van der Waals surface area contributed by atoms with Crippen LogP contribution in [0.2, 0.25) is 0 Å². The summed E-state index contributed by atoms with van der Waals surface area (Å²) in [5.74, 6) is -0.747. The molecule has 1 aromatic heterocycles. The molecule has 0 aliphatic carbocycles. The van der Waals surface area contributed by atoms with Gasteiger partial charge >= 0.3 is 6.18 Å². The lowest BCUT2D eigenvalue weighted by Gasteiger charge is -2.08. The van der Waals surface area contributed by atoms with E-state index < -0.39 is 18.6 Å². The van der Waals surface area contributed by atoms with Gasteiger partial charge in [-0.25, -0.2) is 0 Å². The number of amides is 1. The summed E-state index contributed by atoms with van der Waals surface area (Å²) in [6.45, 7) is 1.27. The SMILES string of the molecule is CCn1cc2cc(C(=O)NCC(F)(F)F)ccc2n1. The van der Waals surface area contributed by atoms with Gasteiger partial charge in [-0.15, -0.1) is 0 Å². The van der Waals surface area contributed by atoms with Gasteiger partial charge in [0.25, 0.3) is 5.91 Å². The number of rotatable bonds is 3. The fourth-order valence-corrected chi connectivity index (χ4v) is 1.66. The number of nitrogens with one attached hydrogen (secondary N) is 1. The van der Waals surface area contributed by atoms with Crippen LogP contribution in [-0.2, 0) is 6.54 Å². The lowest BCUT2D eigenvalue weighted by molar-refractivity contribution is -0.123. The van der Waals surface area contributed by atoms with E-state index in [1.165, 1.54) is 12.1 Å². The molecule has 2 rings (SSSR count). The topological polar surface area (TPSA) is 46.9 Å². The first kappa shape index (κ1) is 13.4. The Kier molecular flexibility index (Phi) is 3.46. The van der Waals surface area contributed by atoms with E-state index >= 15 is 0 Å². The Morgan fingerprint density at radius 3 is 2.79 bits per heavy atom. The summed E-state index contributed by atoms with van der Waals surface area (Å²) in [6.07, 6.45) is -2.66. The highest BCUT2D eigenvalue weighted by molar-refractivity contribution is 5.97. The second-order valence-electron chi connectivity index (χ2n) is 4.06. The van der Waals surface area contributed by atoms with E-state index in [9.17, 15) is 18.0 Å². The standard InChI is InChI=1S/C12H12F3N3O/c1-2-18-6-9-5-8(3-4-10(9)17-18)11(19)16-7-12(13,14)15/h3-6H,2,7H2,1H3,(H,16,19). The number of aromatic nitrogens is 2. The largest absolute Gasteiger partial charge is 0.405 e. The molecule has 0 unspecified atom stereocenters. The number of aryl methyl sites for hydroxylation is 1. The van der Waals surface area contributed by atoms with Gasteiger partial charge < -0.3 is 5.32 Å². The molecule has 19 heavy (non-hydrogen) atoms. The maximum absolute atomic E-state index is 12.0. The van der Waals surface area contributed by atoms with Crippen molar-refractivity contribution in [1.82, 2.24) is 15.1 Å². The number of benzene rings is 1. The average Bonchev–Trinajstić information content (AvgIpc) is 2.76. The van der Waals surface area contributed by atoms with E-state index in [0.717, 1.165) is 5.39 Å². The number of carbonyl (C=O) groups excluding carboxylic acids is 1. The summed E-state index contributed by atoms with van der Waals surface area (Å²) in [4.78, 5) is 11.6. The van der Waals surface area contributed by atoms with Crippen LogP contribution >= 0.6 is 0 Å². The van der Waals surface area contributed by atoms with Gasteiger partial charge in [-0.3, -0.25) is 9.48 Å². The molecule has 0 radical (unpaired) electrons. The Hall–Kier alpha value is -2.05. The van der Waals surface area contributed by atoms with Crippen LogP contribution in [0.15, 0.2) is 24.4 Å². The summed E-state index contributed by atoms with van der Waals surface area (Å²) in [5.41, 5.74) is 0.890. The average molecular weight is 271 g/mol. The highest BCUT2D eigenvalue weighted by Gasteiger charge is 2.27. The van der Waals surface area contributed by atoms with E-state index in [-0.39, 0.29) is 5.56 Å². The molecule has 0 saturated carbocycles. The molecule has 1 N–H and O–H groups in total. The van der Waals surface area contributed by atoms with Crippen molar-refractivity contribution < 1.29 is 18.0 Å². The van der Waals surface area contributed by atoms with Crippen molar-refractivity contribution in [3.8, 4) is 0 Å². The Balaban J connectivity index is 2.18. The quantitative estimate of drug-likeness (QED) is 0.931. The van der Waals surface area contributed by atoms with Gasteiger partial charge in [0.15, 0.2) is 0 Å². The highest BCUT2D eigenvalue weighted by Crippen LogP contribution is 2.16. The molecule has 2 aromatic rings. The fraction of sp³-hybridized carbons (Fsp3) is 0.333. The normalized spacial score (nSPS) is 11.8. The smallest absolute Gasteiger partial charge is 0.343 e. The molecule has 7 heteroatoms. The number of nitrogens with zero attached hydrogens (tertiary/aromatic N) is 2. The molecule has 1 amide bonds. The molecule has 0 fully saturated rings. The molecule has 0 aliphatic rings. The second kappa shape index (κ2) is 4.91. The predicted octanol–water partition coefficient (Wildman–Crippen LogP) is 2.35. The van der Waals surface area contributed by atoms with Crippen molar-refractivity contribution in [3.63, 3.8) is 0 Å². The maximum Gasteiger partial charge on any atom is 0.405 e. The summed E-state index contributed by atoms with van der Waals surface area (Å²) in [7, 11) is 0. The zero-order chi connectivity index (χ0) is 14.0. The Labute approximate surface area is 107 Å². The van der Waals surface area contributed by atoms with E-state index in [4.69, 9.17) is 0 Å². The van der Waals surface area contributed by atoms with Crippen LogP contribution in [-0.4, -0.2) is 28.4 Å². The molecule has 4 nitrogen and oxygen atoms in total. The van der Waals surface area contributed by atoms with Crippen molar-refractivity contribution in [3.05, 3.63) is 30.0 Å². The molecule has 0 saturated heterocycles. The summed E-state index contributed by atoms with van der Waals surface area (Å²) < 4.78 is 37.7.